The van der Waals surface area contributed by atoms with Crippen LogP contribution < -0.4 is 15.4 Å². The second kappa shape index (κ2) is 9.38. The molecule has 1 fully saturated rings. The molecular formula is C19H17ClN4O3S. The Morgan fingerprint density at radius 2 is 1.96 bits per heavy atom. The van der Waals surface area contributed by atoms with Gasteiger partial charge in [0.15, 0.2) is 5.17 Å². The minimum Gasteiger partial charge on any atom is -0.497 e. The molecule has 2 N–H and O–H groups in total. The van der Waals surface area contributed by atoms with Crippen molar-refractivity contribution in [3.05, 3.63) is 59.1 Å². The Morgan fingerprint density at radius 1 is 1.25 bits per heavy atom. The Morgan fingerprint density at radius 3 is 2.64 bits per heavy atom. The van der Waals surface area contributed by atoms with E-state index >= 15 is 0 Å². The summed E-state index contributed by atoms with van der Waals surface area (Å²) in [5.74, 6) is 0.176. The van der Waals surface area contributed by atoms with Crippen molar-refractivity contribution in [2.45, 2.75) is 11.7 Å². The van der Waals surface area contributed by atoms with Crippen LogP contribution in [0.15, 0.2) is 58.7 Å². The quantitative estimate of drug-likeness (QED) is 0.577. The molecule has 9 heteroatoms. The lowest BCUT2D eigenvalue weighted by Crippen LogP contribution is -2.41. The van der Waals surface area contributed by atoms with Crippen LogP contribution in [0.5, 0.6) is 5.75 Å². The average Bonchev–Trinajstić information content (AvgIpc) is 2.70. The first-order valence-corrected chi connectivity index (χ1v) is 9.57. The number of amides is 2. The van der Waals surface area contributed by atoms with E-state index in [-0.39, 0.29) is 23.4 Å². The summed E-state index contributed by atoms with van der Waals surface area (Å²) in [7, 11) is 1.59. The molecule has 1 aliphatic heterocycles. The lowest BCUT2D eigenvalue weighted by atomic mass is 10.2. The van der Waals surface area contributed by atoms with E-state index in [1.54, 1.807) is 37.6 Å². The molecule has 2 amide bonds. The minimum absolute atomic E-state index is 0.0608. The maximum Gasteiger partial charge on any atom is 0.238 e. The van der Waals surface area contributed by atoms with Gasteiger partial charge in [-0.15, -0.1) is 5.10 Å². The third-order valence-electron chi connectivity index (χ3n) is 3.75. The van der Waals surface area contributed by atoms with Crippen LogP contribution in [-0.2, 0) is 9.59 Å². The molecule has 1 atom stereocenters. The molecule has 1 heterocycles. The van der Waals surface area contributed by atoms with Crippen LogP contribution in [0.3, 0.4) is 0 Å². The number of ether oxygens (including phenoxy) is 1. The van der Waals surface area contributed by atoms with Crippen LogP contribution in [0, 0.1) is 0 Å². The maximum atomic E-state index is 12.4. The third-order valence-corrected chi connectivity index (χ3v) is 5.07. The van der Waals surface area contributed by atoms with Gasteiger partial charge in [0.25, 0.3) is 0 Å². The molecule has 144 valence electrons. The Bertz CT molecular complexity index is 914. The molecule has 0 spiro atoms. The number of methoxy groups -OCH3 is 1. The van der Waals surface area contributed by atoms with Gasteiger partial charge in [0, 0.05) is 17.1 Å². The van der Waals surface area contributed by atoms with Crippen LogP contribution in [0.2, 0.25) is 5.02 Å². The number of thioether (sulfide) groups is 1. The van der Waals surface area contributed by atoms with E-state index < -0.39 is 5.25 Å². The number of nitrogens with one attached hydrogen (secondary N) is 2. The van der Waals surface area contributed by atoms with Crippen molar-refractivity contribution in [1.29, 1.82) is 0 Å². The summed E-state index contributed by atoms with van der Waals surface area (Å²) in [5, 5.41) is 13.6. The van der Waals surface area contributed by atoms with Crippen molar-refractivity contribution in [2.75, 3.05) is 12.4 Å². The normalized spacial score (nSPS) is 18.1. The van der Waals surface area contributed by atoms with Gasteiger partial charge in [0.05, 0.1) is 13.3 Å². The fourth-order valence-electron chi connectivity index (χ4n) is 2.33. The van der Waals surface area contributed by atoms with Gasteiger partial charge in [-0.05, 0) is 54.1 Å². The fraction of sp³-hybridized carbons (Fsp3) is 0.158. The zero-order chi connectivity index (χ0) is 19.9. The van der Waals surface area contributed by atoms with Crippen LogP contribution in [0.25, 0.3) is 0 Å². The van der Waals surface area contributed by atoms with Crippen LogP contribution >= 0.6 is 23.4 Å². The summed E-state index contributed by atoms with van der Waals surface area (Å²) < 4.78 is 5.10. The molecular weight excluding hydrogens is 400 g/mol. The van der Waals surface area contributed by atoms with Crippen molar-refractivity contribution in [2.24, 2.45) is 10.2 Å². The lowest BCUT2D eigenvalue weighted by Gasteiger charge is -2.21. The Kier molecular flexibility index (Phi) is 6.67. The van der Waals surface area contributed by atoms with Crippen molar-refractivity contribution in [3.63, 3.8) is 0 Å². The highest BCUT2D eigenvalue weighted by Gasteiger charge is 2.30. The molecule has 28 heavy (non-hydrogen) atoms. The molecule has 7 nitrogen and oxygen atoms in total. The van der Waals surface area contributed by atoms with E-state index in [0.29, 0.717) is 10.7 Å². The molecule has 1 aliphatic rings. The topological polar surface area (TPSA) is 92.2 Å². The summed E-state index contributed by atoms with van der Waals surface area (Å²) in [6.45, 7) is 0. The molecule has 1 saturated heterocycles. The molecule has 0 saturated carbocycles. The predicted molar refractivity (Wildman–Crippen MR) is 112 cm³/mol. The number of nitrogens with zero attached hydrogens (tertiary/aromatic N) is 2. The first kappa shape index (κ1) is 19.9. The third kappa shape index (κ3) is 5.58. The molecule has 0 aromatic heterocycles. The summed E-state index contributed by atoms with van der Waals surface area (Å²) in [6, 6.07) is 14.0. The van der Waals surface area contributed by atoms with Crippen LogP contribution in [-0.4, -0.2) is 35.6 Å². The zero-order valence-electron chi connectivity index (χ0n) is 14.9. The van der Waals surface area contributed by atoms with Gasteiger partial charge in [-0.25, -0.2) is 0 Å². The Hall–Kier alpha value is -2.84. The van der Waals surface area contributed by atoms with E-state index in [0.717, 1.165) is 23.1 Å². The van der Waals surface area contributed by atoms with Gasteiger partial charge >= 0.3 is 0 Å². The maximum absolute atomic E-state index is 12.4. The highest BCUT2D eigenvalue weighted by atomic mass is 35.5. The molecule has 2 aromatic carbocycles. The number of rotatable bonds is 5. The molecule has 0 unspecified atom stereocenters. The number of halogens is 1. The van der Waals surface area contributed by atoms with E-state index in [1.165, 1.54) is 0 Å². The van der Waals surface area contributed by atoms with Gasteiger partial charge < -0.3 is 15.4 Å². The van der Waals surface area contributed by atoms with E-state index in [1.807, 2.05) is 24.3 Å². The average molecular weight is 417 g/mol. The first-order chi connectivity index (χ1) is 13.5. The largest absolute Gasteiger partial charge is 0.497 e. The van der Waals surface area contributed by atoms with Gasteiger partial charge in [0.1, 0.15) is 11.0 Å². The standard InChI is InChI=1S/C19H17ClN4O3S/c1-27-15-8-2-12(3-9-15)11-21-24-19-23-17(25)10-16(28-19)18(26)22-14-6-4-13(20)5-7-14/h2-9,11,16H,10H2,1H3,(H,22,26)(H,23,24,25)/t16-/m1/s1. The summed E-state index contributed by atoms with van der Waals surface area (Å²) in [5.41, 5.74) is 1.44. The van der Waals surface area contributed by atoms with Crippen LogP contribution in [0.1, 0.15) is 12.0 Å². The summed E-state index contributed by atoms with van der Waals surface area (Å²) in [4.78, 5) is 24.4. The number of anilines is 1. The van der Waals surface area contributed by atoms with E-state index in [2.05, 4.69) is 20.8 Å². The highest BCUT2D eigenvalue weighted by molar-refractivity contribution is 8.15. The van der Waals surface area contributed by atoms with Crippen molar-refractivity contribution in [1.82, 2.24) is 5.32 Å². The summed E-state index contributed by atoms with van der Waals surface area (Å²) in [6.07, 6.45) is 1.61. The second-order valence-electron chi connectivity index (χ2n) is 5.78. The predicted octanol–water partition coefficient (Wildman–Crippen LogP) is 3.30. The van der Waals surface area contributed by atoms with Gasteiger partial charge in [-0.2, -0.15) is 5.10 Å². The smallest absolute Gasteiger partial charge is 0.238 e. The number of carbonyl (C=O) groups excluding carboxylic acids is 2. The molecule has 0 radical (unpaired) electrons. The van der Waals surface area contributed by atoms with Crippen molar-refractivity contribution >= 4 is 52.2 Å². The Labute approximate surface area is 171 Å². The Balaban J connectivity index is 1.63. The number of hydrogen-bond acceptors (Lipinski definition) is 6. The molecule has 3 rings (SSSR count). The van der Waals surface area contributed by atoms with Gasteiger partial charge in [-0.1, -0.05) is 23.4 Å². The van der Waals surface area contributed by atoms with Crippen molar-refractivity contribution < 1.29 is 14.3 Å². The number of benzene rings is 2. The van der Waals surface area contributed by atoms with Crippen molar-refractivity contribution in [3.8, 4) is 5.75 Å². The molecule has 0 bridgehead atoms. The van der Waals surface area contributed by atoms with E-state index in [9.17, 15) is 9.59 Å². The highest BCUT2D eigenvalue weighted by Crippen LogP contribution is 2.23. The monoisotopic (exact) mass is 416 g/mol. The minimum atomic E-state index is -0.598. The number of carbonyl (C=O) groups is 2. The first-order valence-electron chi connectivity index (χ1n) is 8.31. The summed E-state index contributed by atoms with van der Waals surface area (Å²) >= 11 is 6.99. The SMILES string of the molecule is COc1ccc(C=N/N=C2\NC(=O)C[C@H](C(=O)Nc3ccc(Cl)cc3)S2)cc1. The molecule has 2 aromatic rings. The van der Waals surface area contributed by atoms with Gasteiger partial charge in [0.2, 0.25) is 11.8 Å². The van der Waals surface area contributed by atoms with Crippen LogP contribution in [0.4, 0.5) is 5.69 Å². The fourth-order valence-corrected chi connectivity index (χ4v) is 3.40. The van der Waals surface area contributed by atoms with E-state index in [4.69, 9.17) is 16.3 Å². The molecule has 0 aliphatic carbocycles. The second-order valence-corrected chi connectivity index (χ2v) is 7.41. The zero-order valence-corrected chi connectivity index (χ0v) is 16.5. The number of hydrogen-bond donors (Lipinski definition) is 2. The lowest BCUT2D eigenvalue weighted by molar-refractivity contribution is -0.123. The number of amidine groups is 1. The van der Waals surface area contributed by atoms with Gasteiger partial charge in [-0.3, -0.25) is 9.59 Å².